The number of Topliss-reactive ketones (excluding diaryl/α,β-unsaturated/α-hetero) is 1. The Labute approximate surface area is 164 Å². The van der Waals surface area contributed by atoms with E-state index in [0.717, 1.165) is 23.6 Å². The molecule has 7 nitrogen and oxygen atoms in total. The van der Waals surface area contributed by atoms with E-state index in [1.165, 1.54) is 6.07 Å². The molecule has 0 aliphatic carbocycles. The molecule has 2 aromatic rings. The lowest BCUT2D eigenvalue weighted by molar-refractivity contribution is -0.914. The van der Waals surface area contributed by atoms with Crippen LogP contribution in [0.1, 0.15) is 21.5 Å². The maximum Gasteiger partial charge on any atom is 0.231 e. The van der Waals surface area contributed by atoms with Gasteiger partial charge in [0.05, 0.1) is 18.8 Å². The van der Waals surface area contributed by atoms with Crippen molar-refractivity contribution in [1.82, 2.24) is 4.98 Å². The predicted molar refractivity (Wildman–Crippen MR) is 101 cm³/mol. The van der Waals surface area contributed by atoms with Crippen LogP contribution in [0.5, 0.6) is 11.5 Å². The lowest BCUT2D eigenvalue weighted by Gasteiger charge is -2.23. The van der Waals surface area contributed by atoms with E-state index in [-0.39, 0.29) is 17.3 Å². The normalized spacial score (nSPS) is 14.5. The molecule has 3 rings (SSSR count). The first-order valence-electron chi connectivity index (χ1n) is 9.12. The van der Waals surface area contributed by atoms with Crippen molar-refractivity contribution in [3.05, 3.63) is 59.1 Å². The smallest absolute Gasteiger partial charge is 0.231 e. The molecule has 0 saturated heterocycles. The Morgan fingerprint density at radius 3 is 2.43 bits per heavy atom. The Morgan fingerprint density at radius 2 is 1.79 bits per heavy atom. The topological polar surface area (TPSA) is 85.2 Å². The van der Waals surface area contributed by atoms with Crippen LogP contribution in [0, 0.1) is 0 Å². The first-order valence-corrected chi connectivity index (χ1v) is 9.12. The van der Waals surface area contributed by atoms with Gasteiger partial charge >= 0.3 is 0 Å². The van der Waals surface area contributed by atoms with E-state index < -0.39 is 0 Å². The molecule has 0 amide bonds. The van der Waals surface area contributed by atoms with Crippen LogP contribution in [0.15, 0.2) is 42.4 Å². The molecular formula is C21H24N2O5. The maximum absolute atomic E-state index is 12.7. The maximum atomic E-state index is 12.7. The number of rotatable bonds is 9. The molecule has 28 heavy (non-hydrogen) atoms. The van der Waals surface area contributed by atoms with Crippen LogP contribution >= 0.6 is 0 Å². The van der Waals surface area contributed by atoms with E-state index in [1.54, 1.807) is 50.9 Å². The lowest BCUT2D eigenvalue weighted by atomic mass is 10.0. The van der Waals surface area contributed by atoms with E-state index >= 15 is 0 Å². The largest absolute Gasteiger partial charge is 0.872 e. The van der Waals surface area contributed by atoms with Gasteiger partial charge in [-0.1, -0.05) is 11.8 Å². The van der Waals surface area contributed by atoms with Gasteiger partial charge in [0.2, 0.25) is 5.78 Å². The zero-order chi connectivity index (χ0) is 19.9. The number of quaternary nitrogens is 1. The van der Waals surface area contributed by atoms with Gasteiger partial charge in [-0.2, -0.15) is 0 Å². The molecule has 2 heterocycles. The number of pyridine rings is 1. The number of benzene rings is 1. The summed E-state index contributed by atoms with van der Waals surface area (Å²) >= 11 is 0. The summed E-state index contributed by atoms with van der Waals surface area (Å²) < 4.78 is 16.2. The van der Waals surface area contributed by atoms with Gasteiger partial charge in [-0.25, -0.2) is 0 Å². The number of nitrogens with one attached hydrogen (secondary N) is 1. The zero-order valence-electron chi connectivity index (χ0n) is 16.1. The molecule has 0 radical (unpaired) electrons. The van der Waals surface area contributed by atoms with Crippen LogP contribution in [0.25, 0.3) is 6.08 Å². The van der Waals surface area contributed by atoms with Gasteiger partial charge in [-0.3, -0.25) is 9.78 Å². The Kier molecular flexibility index (Phi) is 6.76. The number of ether oxygens (including phenoxy) is 3. The summed E-state index contributed by atoms with van der Waals surface area (Å²) in [5, 5.41) is 12.5. The first kappa shape index (κ1) is 20.0. The molecule has 0 bridgehead atoms. The fraction of sp³-hybridized carbons (Fsp3) is 0.333. The number of allylic oxidation sites excluding steroid dienone is 1. The molecule has 0 unspecified atom stereocenters. The lowest BCUT2D eigenvalue weighted by Crippen LogP contribution is -3.11. The van der Waals surface area contributed by atoms with E-state index in [4.69, 9.17) is 14.2 Å². The van der Waals surface area contributed by atoms with Gasteiger partial charge in [-0.15, -0.1) is 0 Å². The molecule has 0 spiro atoms. The van der Waals surface area contributed by atoms with E-state index in [9.17, 15) is 9.90 Å². The van der Waals surface area contributed by atoms with Crippen molar-refractivity contribution in [2.75, 3.05) is 40.5 Å². The van der Waals surface area contributed by atoms with Crippen molar-refractivity contribution >= 4 is 11.9 Å². The van der Waals surface area contributed by atoms with Gasteiger partial charge in [0, 0.05) is 32.2 Å². The molecule has 0 fully saturated rings. The van der Waals surface area contributed by atoms with Crippen molar-refractivity contribution in [3.8, 4) is 11.5 Å². The summed E-state index contributed by atoms with van der Waals surface area (Å²) in [6.07, 6.45) is 4.96. The van der Waals surface area contributed by atoms with Crippen LogP contribution in [-0.2, 0) is 16.0 Å². The molecule has 0 saturated carbocycles. The fourth-order valence-corrected chi connectivity index (χ4v) is 3.11. The number of hydrogen-bond donors (Lipinski definition) is 1. The van der Waals surface area contributed by atoms with Crippen LogP contribution < -0.4 is 14.7 Å². The summed E-state index contributed by atoms with van der Waals surface area (Å²) in [7, 11) is 3.29. The van der Waals surface area contributed by atoms with Crippen molar-refractivity contribution < 1.29 is 29.0 Å². The predicted octanol–water partition coefficient (Wildman–Crippen LogP) is 0.449. The van der Waals surface area contributed by atoms with Crippen molar-refractivity contribution in [1.29, 1.82) is 0 Å². The third kappa shape index (κ3) is 4.56. The summed E-state index contributed by atoms with van der Waals surface area (Å²) in [5.74, 6) is 0.223. The molecule has 1 aliphatic rings. The van der Waals surface area contributed by atoms with E-state index in [1.807, 2.05) is 0 Å². The SMILES string of the molecule is COCC[NH+](CCOC)Cc1c([O-])ccc2c1O/C(=C\c1ccncc1)C2=O. The van der Waals surface area contributed by atoms with Crippen molar-refractivity contribution in [3.63, 3.8) is 0 Å². The average molecular weight is 384 g/mol. The number of carbonyl (C=O) groups is 1. The van der Waals surface area contributed by atoms with Crippen LogP contribution in [0.2, 0.25) is 0 Å². The highest BCUT2D eigenvalue weighted by Crippen LogP contribution is 2.38. The molecule has 1 N–H and O–H groups in total. The molecular weight excluding hydrogens is 360 g/mol. The molecule has 1 aliphatic heterocycles. The summed E-state index contributed by atoms with van der Waals surface area (Å²) in [4.78, 5) is 17.8. The van der Waals surface area contributed by atoms with Crippen LogP contribution in [0.3, 0.4) is 0 Å². The Balaban J connectivity index is 1.88. The monoisotopic (exact) mass is 384 g/mol. The minimum absolute atomic E-state index is 0.135. The second-order valence-electron chi connectivity index (χ2n) is 6.55. The third-order valence-electron chi connectivity index (χ3n) is 4.65. The zero-order valence-corrected chi connectivity index (χ0v) is 16.1. The summed E-state index contributed by atoms with van der Waals surface area (Å²) in [5.41, 5.74) is 1.74. The summed E-state index contributed by atoms with van der Waals surface area (Å²) in [6.45, 7) is 3.00. The van der Waals surface area contributed by atoms with Gasteiger partial charge in [0.15, 0.2) is 5.76 Å². The number of nitrogens with zero attached hydrogens (tertiary/aromatic N) is 1. The molecule has 1 aromatic heterocycles. The number of aromatic nitrogens is 1. The standard InChI is InChI=1S/C21H24N2O5/c1-26-11-9-23(10-12-27-2)14-17-18(24)4-3-16-20(25)19(28-21(16)17)13-15-5-7-22-8-6-15/h3-8,13,24H,9-12,14H2,1-2H3/b19-13-. The second-order valence-corrected chi connectivity index (χ2v) is 6.55. The highest BCUT2D eigenvalue weighted by molar-refractivity contribution is 6.14. The van der Waals surface area contributed by atoms with Crippen molar-refractivity contribution in [2.24, 2.45) is 0 Å². The van der Waals surface area contributed by atoms with E-state index in [2.05, 4.69) is 4.98 Å². The number of carbonyl (C=O) groups excluding carboxylic acids is 1. The fourth-order valence-electron chi connectivity index (χ4n) is 3.11. The van der Waals surface area contributed by atoms with Crippen molar-refractivity contribution in [2.45, 2.75) is 6.54 Å². The molecule has 148 valence electrons. The number of methoxy groups -OCH3 is 2. The van der Waals surface area contributed by atoms with Crippen LogP contribution in [-0.4, -0.2) is 51.3 Å². The minimum Gasteiger partial charge on any atom is -0.872 e. The Morgan fingerprint density at radius 1 is 1.11 bits per heavy atom. The Hall–Kier alpha value is -2.74. The van der Waals surface area contributed by atoms with Gasteiger partial charge in [-0.05, 0) is 29.8 Å². The average Bonchev–Trinajstić information content (AvgIpc) is 3.02. The van der Waals surface area contributed by atoms with Gasteiger partial charge < -0.3 is 24.2 Å². The quantitative estimate of drug-likeness (QED) is 0.632. The summed E-state index contributed by atoms with van der Waals surface area (Å²) in [6, 6.07) is 6.55. The van der Waals surface area contributed by atoms with Gasteiger partial charge in [0.1, 0.15) is 25.4 Å². The molecule has 1 aromatic carbocycles. The van der Waals surface area contributed by atoms with Crippen LogP contribution in [0.4, 0.5) is 0 Å². The third-order valence-corrected chi connectivity index (χ3v) is 4.65. The number of fused-ring (bicyclic) bond motifs is 1. The highest BCUT2D eigenvalue weighted by atomic mass is 16.5. The second kappa shape index (κ2) is 9.45. The molecule has 7 heteroatoms. The Bertz CT molecular complexity index is 843. The number of ketones is 1. The highest BCUT2D eigenvalue weighted by Gasteiger charge is 2.31. The minimum atomic E-state index is -0.219. The van der Waals surface area contributed by atoms with E-state index in [0.29, 0.717) is 36.6 Å². The number of hydrogen-bond acceptors (Lipinski definition) is 6. The molecule has 0 atom stereocenters. The first-order chi connectivity index (χ1) is 13.6. The van der Waals surface area contributed by atoms with Gasteiger partial charge in [0.25, 0.3) is 0 Å².